The van der Waals surface area contributed by atoms with Crippen LogP contribution >= 0.6 is 15.9 Å². The summed E-state index contributed by atoms with van der Waals surface area (Å²) in [5, 5.41) is 4.38. The van der Waals surface area contributed by atoms with Gasteiger partial charge in [-0.3, -0.25) is 0 Å². The van der Waals surface area contributed by atoms with E-state index in [0.717, 1.165) is 65.6 Å². The zero-order valence-corrected chi connectivity index (χ0v) is 16.6. The fourth-order valence-corrected chi connectivity index (χ4v) is 5.05. The van der Waals surface area contributed by atoms with Gasteiger partial charge in [0.1, 0.15) is 21.8 Å². The van der Waals surface area contributed by atoms with Crippen molar-refractivity contribution in [2.75, 3.05) is 18.0 Å². The van der Waals surface area contributed by atoms with Gasteiger partial charge in [0.05, 0.1) is 11.9 Å². The van der Waals surface area contributed by atoms with Gasteiger partial charge in [-0.25, -0.2) is 18.3 Å². The monoisotopic (exact) mass is 432 g/mol. The molecule has 27 heavy (non-hydrogen) atoms. The average Bonchev–Trinajstić information content (AvgIpc) is 3.24. The number of hydrogen-bond acceptors (Lipinski definition) is 3. The Bertz CT molecular complexity index is 1050. The zero-order chi connectivity index (χ0) is 18.8. The van der Waals surface area contributed by atoms with Gasteiger partial charge in [0.25, 0.3) is 0 Å². The quantitative estimate of drug-likeness (QED) is 0.568. The fourth-order valence-electron chi connectivity index (χ4n) is 4.68. The van der Waals surface area contributed by atoms with Crippen molar-refractivity contribution >= 4 is 27.3 Å². The smallest absolute Gasteiger partial charge is 0.155 e. The number of piperidine rings is 1. The van der Waals surface area contributed by atoms with Crippen molar-refractivity contribution in [3.05, 3.63) is 57.5 Å². The Morgan fingerprint density at radius 3 is 2.70 bits per heavy atom. The lowest BCUT2D eigenvalue weighted by atomic mass is 9.76. The summed E-state index contributed by atoms with van der Waals surface area (Å²) in [7, 11) is 0. The molecule has 1 fully saturated rings. The molecule has 7 heteroatoms. The predicted octanol–water partition coefficient (Wildman–Crippen LogP) is 4.46. The summed E-state index contributed by atoms with van der Waals surface area (Å²) in [6.45, 7) is 3.67. The van der Waals surface area contributed by atoms with E-state index in [1.807, 2.05) is 17.5 Å². The van der Waals surface area contributed by atoms with Crippen LogP contribution in [-0.4, -0.2) is 27.7 Å². The van der Waals surface area contributed by atoms with Gasteiger partial charge < -0.3 is 4.90 Å². The van der Waals surface area contributed by atoms with Gasteiger partial charge in [0.2, 0.25) is 0 Å². The minimum absolute atomic E-state index is 0.0361. The highest BCUT2D eigenvalue weighted by Gasteiger charge is 2.41. The van der Waals surface area contributed by atoms with Gasteiger partial charge in [-0.2, -0.15) is 5.10 Å². The molecule has 1 aromatic carbocycles. The molecule has 5 rings (SSSR count). The van der Waals surface area contributed by atoms with E-state index in [2.05, 4.69) is 25.9 Å². The molecule has 1 saturated heterocycles. The molecular weight excluding hydrogens is 414 g/mol. The standard InChI is InChI=1S/C20H19BrF2N4/c1-12-18(21)27-17(2-5-24-27)19(25-12)26-6-3-20(4-7-26)10-13-8-14(22)9-16(23)15(13)11-20/h2,5,8-9H,3-4,6-7,10-11H2,1H3. The number of halogens is 3. The Hall–Kier alpha value is -2.02. The summed E-state index contributed by atoms with van der Waals surface area (Å²) in [6, 6.07) is 4.49. The Labute approximate surface area is 164 Å². The highest BCUT2D eigenvalue weighted by atomic mass is 79.9. The molecule has 1 aliphatic heterocycles. The Balaban J connectivity index is 1.41. The minimum atomic E-state index is -0.474. The van der Waals surface area contributed by atoms with Gasteiger partial charge in [0.15, 0.2) is 5.82 Å². The molecule has 4 nitrogen and oxygen atoms in total. The fraction of sp³-hybridized carbons (Fsp3) is 0.400. The van der Waals surface area contributed by atoms with Crippen molar-refractivity contribution in [1.82, 2.24) is 14.6 Å². The van der Waals surface area contributed by atoms with Crippen LogP contribution in [0.3, 0.4) is 0 Å². The Morgan fingerprint density at radius 2 is 1.93 bits per heavy atom. The number of aryl methyl sites for hydroxylation is 1. The van der Waals surface area contributed by atoms with E-state index in [0.29, 0.717) is 12.0 Å². The van der Waals surface area contributed by atoms with Crippen LogP contribution in [0.5, 0.6) is 0 Å². The lowest BCUT2D eigenvalue weighted by molar-refractivity contribution is 0.231. The maximum atomic E-state index is 14.2. The van der Waals surface area contributed by atoms with E-state index >= 15 is 0 Å². The lowest BCUT2D eigenvalue weighted by Crippen LogP contribution is -2.41. The summed E-state index contributed by atoms with van der Waals surface area (Å²) in [5.74, 6) is 0.0738. The van der Waals surface area contributed by atoms with Crippen LogP contribution in [-0.2, 0) is 12.8 Å². The Morgan fingerprint density at radius 1 is 1.15 bits per heavy atom. The maximum absolute atomic E-state index is 14.2. The third-order valence-corrected chi connectivity index (χ3v) is 7.03. The summed E-state index contributed by atoms with van der Waals surface area (Å²) >= 11 is 3.55. The van der Waals surface area contributed by atoms with Gasteiger partial charge in [-0.1, -0.05) is 0 Å². The highest BCUT2D eigenvalue weighted by molar-refractivity contribution is 9.10. The number of hydrogen-bond donors (Lipinski definition) is 0. The van der Waals surface area contributed by atoms with Crippen molar-refractivity contribution in [3.8, 4) is 0 Å². The summed E-state index contributed by atoms with van der Waals surface area (Å²) in [4.78, 5) is 7.08. The second-order valence-corrected chi connectivity index (χ2v) is 8.56. The number of aromatic nitrogens is 3. The summed E-state index contributed by atoms with van der Waals surface area (Å²) in [6.07, 6.45) is 5.14. The number of nitrogens with zero attached hydrogens (tertiary/aromatic N) is 4. The van der Waals surface area contributed by atoms with Crippen molar-refractivity contribution in [3.63, 3.8) is 0 Å². The maximum Gasteiger partial charge on any atom is 0.155 e. The summed E-state index contributed by atoms with van der Waals surface area (Å²) in [5.41, 5.74) is 3.46. The van der Waals surface area contributed by atoms with Crippen molar-refractivity contribution in [1.29, 1.82) is 0 Å². The summed E-state index contributed by atoms with van der Waals surface area (Å²) < 4.78 is 30.5. The van der Waals surface area contributed by atoms with Crippen LogP contribution < -0.4 is 4.90 Å². The van der Waals surface area contributed by atoms with Crippen molar-refractivity contribution in [2.45, 2.75) is 32.6 Å². The molecule has 1 spiro atoms. The first kappa shape index (κ1) is 17.1. The molecule has 0 radical (unpaired) electrons. The van der Waals surface area contributed by atoms with E-state index in [9.17, 15) is 8.78 Å². The molecule has 0 amide bonds. The van der Waals surface area contributed by atoms with Gasteiger partial charge in [0, 0.05) is 19.2 Å². The minimum Gasteiger partial charge on any atom is -0.355 e. The molecule has 0 bridgehead atoms. The van der Waals surface area contributed by atoms with E-state index in [1.54, 1.807) is 6.20 Å². The molecular formula is C20H19BrF2N4. The molecule has 0 atom stereocenters. The SMILES string of the molecule is Cc1nc(N2CCC3(CC2)Cc2cc(F)cc(F)c2C3)c2ccnn2c1Br. The van der Waals surface area contributed by atoms with E-state index in [4.69, 9.17) is 4.98 Å². The zero-order valence-electron chi connectivity index (χ0n) is 15.0. The van der Waals surface area contributed by atoms with Gasteiger partial charge >= 0.3 is 0 Å². The van der Waals surface area contributed by atoms with E-state index in [1.165, 1.54) is 6.07 Å². The van der Waals surface area contributed by atoms with Crippen molar-refractivity contribution < 1.29 is 8.78 Å². The topological polar surface area (TPSA) is 33.4 Å². The third-order valence-electron chi connectivity index (χ3n) is 6.12. The number of rotatable bonds is 1. The van der Waals surface area contributed by atoms with Gasteiger partial charge in [-0.05, 0) is 77.2 Å². The van der Waals surface area contributed by atoms with Crippen LogP contribution in [0.1, 0.15) is 29.7 Å². The molecule has 0 saturated carbocycles. The Kier molecular flexibility index (Phi) is 3.79. The number of benzene rings is 1. The molecule has 1 aliphatic carbocycles. The normalized spacial score (nSPS) is 18.4. The first-order valence-electron chi connectivity index (χ1n) is 9.17. The van der Waals surface area contributed by atoms with E-state index < -0.39 is 11.6 Å². The largest absolute Gasteiger partial charge is 0.355 e. The molecule has 2 aromatic heterocycles. The first-order chi connectivity index (χ1) is 13.0. The second-order valence-electron chi connectivity index (χ2n) is 7.81. The number of fused-ring (bicyclic) bond motifs is 2. The average molecular weight is 433 g/mol. The van der Waals surface area contributed by atoms with Crippen LogP contribution in [0.25, 0.3) is 5.52 Å². The predicted molar refractivity (Wildman–Crippen MR) is 103 cm³/mol. The number of anilines is 1. The van der Waals surface area contributed by atoms with Crippen LogP contribution in [0.4, 0.5) is 14.6 Å². The molecule has 0 unspecified atom stereocenters. The molecule has 0 N–H and O–H groups in total. The second kappa shape index (κ2) is 5.99. The van der Waals surface area contributed by atoms with E-state index in [-0.39, 0.29) is 5.41 Å². The molecule has 140 valence electrons. The highest BCUT2D eigenvalue weighted by Crippen LogP contribution is 2.46. The molecule has 2 aliphatic rings. The van der Waals surface area contributed by atoms with Gasteiger partial charge in [-0.15, -0.1) is 0 Å². The lowest BCUT2D eigenvalue weighted by Gasteiger charge is -2.40. The molecule has 3 heterocycles. The van der Waals surface area contributed by atoms with Crippen LogP contribution in [0.15, 0.2) is 29.0 Å². The van der Waals surface area contributed by atoms with Crippen molar-refractivity contribution in [2.24, 2.45) is 5.41 Å². The van der Waals surface area contributed by atoms with Crippen LogP contribution in [0, 0.1) is 24.0 Å². The first-order valence-corrected chi connectivity index (χ1v) is 9.97. The molecule has 3 aromatic rings. The third kappa shape index (κ3) is 2.66. The van der Waals surface area contributed by atoms with Crippen LogP contribution in [0.2, 0.25) is 0 Å².